The lowest BCUT2D eigenvalue weighted by Gasteiger charge is -1.98. The van der Waals surface area contributed by atoms with Crippen LogP contribution in [0.3, 0.4) is 0 Å². The normalized spacial score (nSPS) is 10.9. The maximum Gasteiger partial charge on any atom is 0.182 e. The predicted molar refractivity (Wildman–Crippen MR) is 51.7 cm³/mol. The number of rotatable bonds is 5. The van der Waals surface area contributed by atoms with Gasteiger partial charge in [-0.1, -0.05) is 20.8 Å². The van der Waals surface area contributed by atoms with Gasteiger partial charge in [0.15, 0.2) is 5.82 Å². The molecule has 0 saturated carbocycles. The summed E-state index contributed by atoms with van der Waals surface area (Å²) >= 11 is 0. The first-order valence-electron chi connectivity index (χ1n) is 4.93. The standard InChI is InChI=1S/C9H16N4O/c1-4-5-13-11-9(10-12-13)6-8(14)7(2)3/h7H,4-6H2,1-3H3. The summed E-state index contributed by atoms with van der Waals surface area (Å²) in [6.07, 6.45) is 1.26. The van der Waals surface area contributed by atoms with Crippen molar-refractivity contribution in [1.29, 1.82) is 0 Å². The molecule has 1 aromatic rings. The lowest BCUT2D eigenvalue weighted by molar-refractivity contribution is -0.121. The monoisotopic (exact) mass is 196 g/mol. The van der Waals surface area contributed by atoms with Gasteiger partial charge in [-0.05, 0) is 11.6 Å². The third-order valence-corrected chi connectivity index (χ3v) is 1.89. The molecular formula is C9H16N4O. The summed E-state index contributed by atoms with van der Waals surface area (Å²) in [7, 11) is 0. The second-order valence-electron chi connectivity index (χ2n) is 3.60. The number of hydrogen-bond donors (Lipinski definition) is 0. The third-order valence-electron chi connectivity index (χ3n) is 1.89. The van der Waals surface area contributed by atoms with E-state index in [1.54, 1.807) is 0 Å². The van der Waals surface area contributed by atoms with Crippen molar-refractivity contribution in [3.63, 3.8) is 0 Å². The fourth-order valence-electron chi connectivity index (χ4n) is 1.00. The summed E-state index contributed by atoms with van der Waals surface area (Å²) in [6, 6.07) is 0. The number of hydrogen-bond acceptors (Lipinski definition) is 4. The van der Waals surface area contributed by atoms with Crippen LogP contribution >= 0.6 is 0 Å². The zero-order valence-electron chi connectivity index (χ0n) is 8.90. The summed E-state index contributed by atoms with van der Waals surface area (Å²) in [5.41, 5.74) is 0. The van der Waals surface area contributed by atoms with Crippen molar-refractivity contribution < 1.29 is 4.79 Å². The molecule has 14 heavy (non-hydrogen) atoms. The van der Waals surface area contributed by atoms with E-state index >= 15 is 0 Å². The van der Waals surface area contributed by atoms with Crippen molar-refractivity contribution in [2.24, 2.45) is 5.92 Å². The van der Waals surface area contributed by atoms with Gasteiger partial charge in [0.05, 0.1) is 13.0 Å². The summed E-state index contributed by atoms with van der Waals surface area (Å²) in [4.78, 5) is 12.9. The highest BCUT2D eigenvalue weighted by atomic mass is 16.1. The van der Waals surface area contributed by atoms with Gasteiger partial charge in [0, 0.05) is 5.92 Å². The number of ketones is 1. The summed E-state index contributed by atoms with van der Waals surface area (Å²) in [5, 5.41) is 11.8. The van der Waals surface area contributed by atoms with Crippen LogP contribution in [-0.2, 0) is 17.8 Å². The molecule has 0 radical (unpaired) electrons. The van der Waals surface area contributed by atoms with Crippen LogP contribution in [0.4, 0.5) is 0 Å². The van der Waals surface area contributed by atoms with Crippen LogP contribution < -0.4 is 0 Å². The topological polar surface area (TPSA) is 60.7 Å². The van der Waals surface area contributed by atoms with Gasteiger partial charge < -0.3 is 0 Å². The Bertz CT molecular complexity index is 306. The number of nitrogens with zero attached hydrogens (tertiary/aromatic N) is 4. The SMILES string of the molecule is CCCn1nnc(CC(=O)C(C)C)n1. The lowest BCUT2D eigenvalue weighted by Crippen LogP contribution is -2.11. The molecular weight excluding hydrogens is 180 g/mol. The molecule has 0 aliphatic carbocycles. The molecule has 0 spiro atoms. The van der Waals surface area contributed by atoms with Crippen molar-refractivity contribution >= 4 is 5.78 Å². The number of aromatic nitrogens is 4. The van der Waals surface area contributed by atoms with Gasteiger partial charge >= 0.3 is 0 Å². The average Bonchev–Trinajstić information content (AvgIpc) is 2.53. The van der Waals surface area contributed by atoms with Gasteiger partial charge in [-0.2, -0.15) is 4.80 Å². The van der Waals surface area contributed by atoms with Gasteiger partial charge in [-0.25, -0.2) is 0 Å². The van der Waals surface area contributed by atoms with Crippen LogP contribution in [0, 0.1) is 5.92 Å². The van der Waals surface area contributed by atoms with Gasteiger partial charge in [-0.3, -0.25) is 4.79 Å². The largest absolute Gasteiger partial charge is 0.299 e. The third kappa shape index (κ3) is 2.90. The van der Waals surface area contributed by atoms with Gasteiger partial charge in [0.25, 0.3) is 0 Å². The van der Waals surface area contributed by atoms with E-state index in [1.807, 2.05) is 20.8 Å². The summed E-state index contributed by atoms with van der Waals surface area (Å²) in [5.74, 6) is 0.714. The molecule has 1 rings (SSSR count). The van der Waals surface area contributed by atoms with E-state index in [0.29, 0.717) is 12.2 Å². The first-order valence-corrected chi connectivity index (χ1v) is 4.93. The molecule has 0 atom stereocenters. The van der Waals surface area contributed by atoms with Crippen molar-refractivity contribution in [1.82, 2.24) is 20.2 Å². The fraction of sp³-hybridized carbons (Fsp3) is 0.778. The number of tetrazole rings is 1. The molecule has 0 aliphatic heterocycles. The minimum atomic E-state index is 0.0353. The van der Waals surface area contributed by atoms with Crippen molar-refractivity contribution in [2.75, 3.05) is 0 Å². The van der Waals surface area contributed by atoms with Crippen LogP contribution in [0.15, 0.2) is 0 Å². The quantitative estimate of drug-likeness (QED) is 0.700. The van der Waals surface area contributed by atoms with E-state index in [4.69, 9.17) is 0 Å². The molecule has 1 aromatic heterocycles. The number of Topliss-reactive ketones (excluding diaryl/α,β-unsaturated/α-hetero) is 1. The molecule has 0 unspecified atom stereocenters. The molecule has 0 N–H and O–H groups in total. The highest BCUT2D eigenvalue weighted by Gasteiger charge is 2.11. The first-order chi connectivity index (χ1) is 6.63. The second-order valence-corrected chi connectivity index (χ2v) is 3.60. The molecule has 0 fully saturated rings. The van der Waals surface area contributed by atoms with Crippen molar-refractivity contribution in [2.45, 2.75) is 40.2 Å². The predicted octanol–water partition coefficient (Wildman–Crippen LogP) is 0.851. The van der Waals surface area contributed by atoms with Crippen molar-refractivity contribution in [3.05, 3.63) is 5.82 Å². The zero-order valence-corrected chi connectivity index (χ0v) is 8.90. The average molecular weight is 196 g/mol. The molecule has 0 bridgehead atoms. The van der Waals surface area contributed by atoms with E-state index in [0.717, 1.165) is 13.0 Å². The maximum absolute atomic E-state index is 11.4. The second kappa shape index (κ2) is 4.83. The molecule has 1 heterocycles. The van der Waals surface area contributed by atoms with E-state index in [9.17, 15) is 4.79 Å². The number of carbonyl (C=O) groups excluding carboxylic acids is 1. The van der Waals surface area contributed by atoms with Crippen LogP contribution in [0.25, 0.3) is 0 Å². The summed E-state index contributed by atoms with van der Waals surface area (Å²) in [6.45, 7) is 6.54. The Labute approximate surface area is 83.5 Å². The Balaban J connectivity index is 2.55. The van der Waals surface area contributed by atoms with Crippen LogP contribution in [0.2, 0.25) is 0 Å². The highest BCUT2D eigenvalue weighted by Crippen LogP contribution is 1.99. The molecule has 5 heteroatoms. The first kappa shape index (κ1) is 10.8. The van der Waals surface area contributed by atoms with E-state index < -0.39 is 0 Å². The van der Waals surface area contributed by atoms with E-state index in [1.165, 1.54) is 4.80 Å². The molecule has 0 amide bonds. The Hall–Kier alpha value is -1.26. The number of aryl methyl sites for hydroxylation is 1. The van der Waals surface area contributed by atoms with Gasteiger partial charge in [0.1, 0.15) is 5.78 Å². The lowest BCUT2D eigenvalue weighted by atomic mass is 10.1. The highest BCUT2D eigenvalue weighted by molar-refractivity contribution is 5.81. The zero-order chi connectivity index (χ0) is 10.6. The molecule has 5 nitrogen and oxygen atoms in total. The van der Waals surface area contributed by atoms with Crippen molar-refractivity contribution in [3.8, 4) is 0 Å². The molecule has 0 aliphatic rings. The maximum atomic E-state index is 11.4. The number of carbonyl (C=O) groups is 1. The molecule has 0 saturated heterocycles. The summed E-state index contributed by atoms with van der Waals surface area (Å²) < 4.78 is 0. The molecule has 78 valence electrons. The van der Waals surface area contributed by atoms with Gasteiger partial charge in [-0.15, -0.1) is 10.2 Å². The fourth-order valence-corrected chi connectivity index (χ4v) is 1.00. The Morgan fingerprint density at radius 2 is 2.21 bits per heavy atom. The Kier molecular flexibility index (Phi) is 3.73. The van der Waals surface area contributed by atoms with Gasteiger partial charge in [0.2, 0.25) is 0 Å². The minimum Gasteiger partial charge on any atom is -0.299 e. The Morgan fingerprint density at radius 1 is 1.50 bits per heavy atom. The van der Waals surface area contributed by atoms with E-state index in [-0.39, 0.29) is 11.7 Å². The molecule has 0 aromatic carbocycles. The van der Waals surface area contributed by atoms with Crippen LogP contribution in [-0.4, -0.2) is 26.0 Å². The van der Waals surface area contributed by atoms with Crippen LogP contribution in [0.5, 0.6) is 0 Å². The smallest absolute Gasteiger partial charge is 0.182 e. The van der Waals surface area contributed by atoms with Crippen LogP contribution in [0.1, 0.15) is 33.0 Å². The Morgan fingerprint density at radius 3 is 2.79 bits per heavy atom. The minimum absolute atomic E-state index is 0.0353. The van der Waals surface area contributed by atoms with E-state index in [2.05, 4.69) is 15.4 Å².